The van der Waals surface area contributed by atoms with Crippen molar-refractivity contribution in [2.75, 3.05) is 0 Å². The van der Waals surface area contributed by atoms with Crippen LogP contribution in [0.3, 0.4) is 0 Å². The predicted molar refractivity (Wildman–Crippen MR) is 78.2 cm³/mol. The Morgan fingerprint density at radius 3 is 2.36 bits per heavy atom. The van der Waals surface area contributed by atoms with Gasteiger partial charge >= 0.3 is 5.97 Å². The van der Waals surface area contributed by atoms with Crippen LogP contribution in [0.2, 0.25) is 0 Å². The summed E-state index contributed by atoms with van der Waals surface area (Å²) in [6.45, 7) is 2.06. The number of unbranched alkanes of at least 4 members (excludes halogenated alkanes) is 4. The number of carboxylic acids is 1. The van der Waals surface area contributed by atoms with Gasteiger partial charge in [-0.1, -0.05) is 39.0 Å². The molecule has 0 heterocycles. The summed E-state index contributed by atoms with van der Waals surface area (Å²) in [5.41, 5.74) is -2.51. The molecule has 0 aromatic carbocycles. The van der Waals surface area contributed by atoms with Crippen molar-refractivity contribution in [3.63, 3.8) is 0 Å². The van der Waals surface area contributed by atoms with Crippen molar-refractivity contribution >= 4 is 5.97 Å². The van der Waals surface area contributed by atoms with Gasteiger partial charge in [0, 0.05) is 6.08 Å². The quantitative estimate of drug-likeness (QED) is 0.396. The molecular weight excluding hydrogens is 292 g/mol. The van der Waals surface area contributed by atoms with Crippen molar-refractivity contribution in [3.8, 4) is 0 Å². The van der Waals surface area contributed by atoms with Gasteiger partial charge in [0.2, 0.25) is 0 Å². The molecule has 0 aromatic heterocycles. The Kier molecular flexibility index (Phi) is 6.21. The molecule has 0 fully saturated rings. The summed E-state index contributed by atoms with van der Waals surface area (Å²) in [5, 5.41) is 31.3. The molecule has 1 aliphatic carbocycles. The average Bonchev–Trinajstić information content (AvgIpc) is 2.46. The number of carbonyl (C=O) groups is 1. The van der Waals surface area contributed by atoms with Crippen molar-refractivity contribution in [1.29, 1.82) is 0 Å². The number of rotatable bonds is 9. The highest BCUT2D eigenvalue weighted by atomic mass is 16.6. The smallest absolute Gasteiger partial charge is 0.314 e. The maximum absolute atomic E-state index is 11.6. The third-order valence-electron chi connectivity index (χ3n) is 3.83. The van der Waals surface area contributed by atoms with Crippen LogP contribution in [-0.4, -0.2) is 20.9 Å². The summed E-state index contributed by atoms with van der Waals surface area (Å²) in [7, 11) is 0. The van der Waals surface area contributed by atoms with Crippen LogP contribution in [0, 0.1) is 25.6 Å². The number of allylic oxidation sites excluding steroid dienone is 2. The summed E-state index contributed by atoms with van der Waals surface area (Å²) >= 11 is 0. The third kappa shape index (κ3) is 4.37. The highest BCUT2D eigenvalue weighted by Crippen LogP contribution is 2.39. The van der Waals surface area contributed by atoms with Crippen molar-refractivity contribution in [1.82, 2.24) is 0 Å². The van der Waals surface area contributed by atoms with E-state index in [1.165, 1.54) is 0 Å². The molecule has 22 heavy (non-hydrogen) atoms. The minimum absolute atomic E-state index is 0.161. The molecule has 1 N–H and O–H groups in total. The SMILES string of the molecule is CCCCCCCC1(C(=O)O)C=C([N+](=O)[O-])C=C([N+](=O)[O-])C1. The van der Waals surface area contributed by atoms with E-state index in [2.05, 4.69) is 6.92 Å². The van der Waals surface area contributed by atoms with Gasteiger partial charge in [-0.05, 0) is 6.42 Å². The van der Waals surface area contributed by atoms with Gasteiger partial charge < -0.3 is 5.11 Å². The Morgan fingerprint density at radius 1 is 1.23 bits per heavy atom. The van der Waals surface area contributed by atoms with Gasteiger partial charge in [-0.15, -0.1) is 0 Å². The number of hydrogen-bond donors (Lipinski definition) is 1. The molecule has 1 rings (SSSR count). The zero-order chi connectivity index (χ0) is 16.8. The molecule has 0 saturated carbocycles. The maximum Gasteiger partial charge on any atom is 0.314 e. The second-order valence-corrected chi connectivity index (χ2v) is 5.52. The topological polar surface area (TPSA) is 124 Å². The Bertz CT molecular complexity index is 525. The number of hydrogen-bond acceptors (Lipinski definition) is 5. The van der Waals surface area contributed by atoms with Crippen LogP contribution in [0.15, 0.2) is 23.5 Å². The maximum atomic E-state index is 11.6. The highest BCUT2D eigenvalue weighted by Gasteiger charge is 2.45. The molecule has 1 aliphatic rings. The first-order chi connectivity index (χ1) is 10.3. The van der Waals surface area contributed by atoms with E-state index in [1.54, 1.807) is 0 Å². The molecule has 0 aromatic rings. The lowest BCUT2D eigenvalue weighted by Crippen LogP contribution is -2.33. The summed E-state index contributed by atoms with van der Waals surface area (Å²) < 4.78 is 0. The van der Waals surface area contributed by atoms with E-state index in [1.807, 2.05) is 0 Å². The van der Waals surface area contributed by atoms with Crippen LogP contribution in [0.4, 0.5) is 0 Å². The van der Waals surface area contributed by atoms with Gasteiger partial charge in [0.25, 0.3) is 11.4 Å². The third-order valence-corrected chi connectivity index (χ3v) is 3.83. The number of nitrogens with zero attached hydrogens (tertiary/aromatic N) is 2. The molecule has 8 nitrogen and oxygen atoms in total. The van der Waals surface area contributed by atoms with E-state index in [4.69, 9.17) is 0 Å². The van der Waals surface area contributed by atoms with Gasteiger partial charge in [0.05, 0.1) is 22.3 Å². The lowest BCUT2D eigenvalue weighted by Gasteiger charge is -2.26. The molecule has 122 valence electrons. The van der Waals surface area contributed by atoms with Gasteiger partial charge in [-0.25, -0.2) is 0 Å². The first-order valence-corrected chi connectivity index (χ1v) is 7.28. The van der Waals surface area contributed by atoms with Gasteiger partial charge in [-0.3, -0.25) is 25.0 Å². The van der Waals surface area contributed by atoms with Gasteiger partial charge in [0.15, 0.2) is 0 Å². The van der Waals surface area contributed by atoms with E-state index in [-0.39, 0.29) is 12.8 Å². The van der Waals surface area contributed by atoms with Crippen LogP contribution < -0.4 is 0 Å². The van der Waals surface area contributed by atoms with Crippen LogP contribution >= 0.6 is 0 Å². The molecule has 0 radical (unpaired) electrons. The van der Waals surface area contributed by atoms with Crippen LogP contribution in [-0.2, 0) is 4.79 Å². The van der Waals surface area contributed by atoms with Crippen molar-refractivity contribution in [2.45, 2.75) is 51.9 Å². The predicted octanol–water partition coefficient (Wildman–Crippen LogP) is 3.14. The summed E-state index contributed by atoms with van der Waals surface area (Å²) in [6, 6.07) is 0. The molecule has 0 amide bonds. The zero-order valence-electron chi connectivity index (χ0n) is 12.5. The van der Waals surface area contributed by atoms with Gasteiger partial charge in [-0.2, -0.15) is 0 Å². The largest absolute Gasteiger partial charge is 0.481 e. The van der Waals surface area contributed by atoms with E-state index in [0.717, 1.165) is 37.8 Å². The fourth-order valence-electron chi connectivity index (χ4n) is 2.59. The normalized spacial score (nSPS) is 21.0. The first-order valence-electron chi connectivity index (χ1n) is 7.28. The standard InChI is InChI=1S/C14H20N2O6/c1-2-3-4-5-6-7-14(13(17)18)9-11(15(19)20)8-12(10-14)16(21)22/h8-9H,2-7,10H2,1H3,(H,17,18). The average molecular weight is 312 g/mol. The van der Waals surface area contributed by atoms with E-state index in [9.17, 15) is 30.1 Å². The van der Waals surface area contributed by atoms with E-state index < -0.39 is 32.6 Å². The number of nitro groups is 2. The molecular formula is C14H20N2O6. The van der Waals surface area contributed by atoms with Gasteiger partial charge in [0.1, 0.15) is 5.41 Å². The van der Waals surface area contributed by atoms with Crippen molar-refractivity contribution < 1.29 is 19.7 Å². The summed E-state index contributed by atoms with van der Waals surface area (Å²) in [5.74, 6) is -1.25. The van der Waals surface area contributed by atoms with Crippen molar-refractivity contribution in [2.24, 2.45) is 5.41 Å². The Balaban J connectivity index is 2.97. The molecule has 1 atom stereocenters. The second-order valence-electron chi connectivity index (χ2n) is 5.52. The summed E-state index contributed by atoms with van der Waals surface area (Å²) in [6.07, 6.45) is 6.16. The Morgan fingerprint density at radius 2 is 1.86 bits per heavy atom. The van der Waals surface area contributed by atoms with Crippen LogP contribution in [0.25, 0.3) is 0 Å². The van der Waals surface area contributed by atoms with Crippen LogP contribution in [0.1, 0.15) is 51.9 Å². The first kappa shape index (κ1) is 17.8. The number of carboxylic acid groups (broad SMARTS) is 1. The molecule has 0 saturated heterocycles. The zero-order valence-corrected chi connectivity index (χ0v) is 12.5. The lowest BCUT2D eigenvalue weighted by molar-refractivity contribution is -0.440. The van der Waals surface area contributed by atoms with E-state index >= 15 is 0 Å². The Labute approximate surface area is 127 Å². The highest BCUT2D eigenvalue weighted by molar-refractivity contribution is 5.78. The molecule has 8 heteroatoms. The molecule has 0 spiro atoms. The molecule has 1 unspecified atom stereocenters. The Hall–Kier alpha value is -2.25. The lowest BCUT2D eigenvalue weighted by atomic mass is 9.75. The molecule has 0 aliphatic heterocycles. The van der Waals surface area contributed by atoms with Crippen LogP contribution in [0.5, 0.6) is 0 Å². The minimum atomic E-state index is -1.56. The summed E-state index contributed by atoms with van der Waals surface area (Å²) in [4.78, 5) is 32.0. The number of aliphatic carboxylic acids is 1. The minimum Gasteiger partial charge on any atom is -0.481 e. The van der Waals surface area contributed by atoms with Crippen molar-refractivity contribution in [3.05, 3.63) is 43.8 Å². The van der Waals surface area contributed by atoms with E-state index in [0.29, 0.717) is 6.42 Å². The fraction of sp³-hybridized carbons (Fsp3) is 0.643. The second kappa shape index (κ2) is 7.67. The fourth-order valence-corrected chi connectivity index (χ4v) is 2.59. The monoisotopic (exact) mass is 312 g/mol. The molecule has 0 bridgehead atoms.